The summed E-state index contributed by atoms with van der Waals surface area (Å²) >= 11 is 0. The number of hydrogen-bond acceptors (Lipinski definition) is 2. The number of benzene rings is 2. The van der Waals surface area contributed by atoms with Gasteiger partial charge in [-0.3, -0.25) is 0 Å². The van der Waals surface area contributed by atoms with Gasteiger partial charge in [0.1, 0.15) is 5.75 Å². The topological polar surface area (TPSA) is 18.5 Å². The van der Waals surface area contributed by atoms with E-state index in [-0.39, 0.29) is 11.5 Å². The molecule has 0 aromatic heterocycles. The number of hydrogen-bond donors (Lipinski definition) is 0. The van der Waals surface area contributed by atoms with Crippen molar-refractivity contribution in [3.8, 4) is 16.9 Å². The highest BCUT2D eigenvalue weighted by Crippen LogP contribution is 2.41. The first-order valence-corrected chi connectivity index (χ1v) is 7.64. The van der Waals surface area contributed by atoms with Crippen LogP contribution in [0.5, 0.6) is 5.75 Å². The first-order chi connectivity index (χ1) is 10.4. The first kappa shape index (κ1) is 16.6. The van der Waals surface area contributed by atoms with Gasteiger partial charge in [0, 0.05) is 7.11 Å². The molecule has 2 heteroatoms. The Morgan fingerprint density at radius 1 is 0.955 bits per heavy atom. The summed E-state index contributed by atoms with van der Waals surface area (Å²) in [7, 11) is 3.48. The smallest absolute Gasteiger partial charge is 0.119 e. The number of methoxy groups -OCH3 is 2. The van der Waals surface area contributed by atoms with E-state index >= 15 is 0 Å². The average molecular weight is 298 g/mol. The lowest BCUT2D eigenvalue weighted by Crippen LogP contribution is -2.21. The summed E-state index contributed by atoms with van der Waals surface area (Å²) < 4.78 is 11.2. The highest BCUT2D eigenvalue weighted by Gasteiger charge is 2.28. The van der Waals surface area contributed by atoms with Crippen LogP contribution in [0, 0.1) is 12.3 Å². The van der Waals surface area contributed by atoms with Crippen LogP contribution in [0.4, 0.5) is 0 Å². The molecule has 0 fully saturated rings. The van der Waals surface area contributed by atoms with Crippen LogP contribution in [0.15, 0.2) is 42.5 Å². The standard InChI is InChI=1S/C20H26O2/c1-14-10-11-17(15-8-7-9-16(13-15)21-5)18(12-14)19(22-6)20(2,3)4/h7-13,19H,1-6H3/t19-/m1/s1. The van der Waals surface area contributed by atoms with Crippen LogP contribution in [-0.4, -0.2) is 14.2 Å². The van der Waals surface area contributed by atoms with Gasteiger partial charge in [-0.05, 0) is 41.2 Å². The predicted octanol–water partition coefficient (Wildman–Crippen LogP) is 5.40. The van der Waals surface area contributed by atoms with E-state index in [2.05, 4.69) is 58.0 Å². The van der Waals surface area contributed by atoms with Crippen molar-refractivity contribution in [2.75, 3.05) is 14.2 Å². The van der Waals surface area contributed by atoms with Gasteiger partial charge in [0.15, 0.2) is 0 Å². The fourth-order valence-corrected chi connectivity index (χ4v) is 2.90. The fourth-order valence-electron chi connectivity index (χ4n) is 2.90. The van der Waals surface area contributed by atoms with Gasteiger partial charge >= 0.3 is 0 Å². The van der Waals surface area contributed by atoms with E-state index in [1.54, 1.807) is 14.2 Å². The minimum absolute atomic E-state index is 0.0240. The normalized spacial score (nSPS) is 13.0. The van der Waals surface area contributed by atoms with Crippen molar-refractivity contribution in [1.82, 2.24) is 0 Å². The van der Waals surface area contributed by atoms with Crippen molar-refractivity contribution >= 4 is 0 Å². The maximum Gasteiger partial charge on any atom is 0.119 e. The summed E-state index contributed by atoms with van der Waals surface area (Å²) in [6.45, 7) is 8.74. The third-order valence-corrected chi connectivity index (χ3v) is 3.89. The molecule has 2 aromatic carbocycles. The van der Waals surface area contributed by atoms with E-state index in [1.165, 1.54) is 16.7 Å². The zero-order valence-electron chi connectivity index (χ0n) is 14.4. The third-order valence-electron chi connectivity index (χ3n) is 3.89. The van der Waals surface area contributed by atoms with Gasteiger partial charge in [0.05, 0.1) is 13.2 Å². The first-order valence-electron chi connectivity index (χ1n) is 7.64. The van der Waals surface area contributed by atoms with Crippen LogP contribution < -0.4 is 4.74 Å². The predicted molar refractivity (Wildman–Crippen MR) is 92.4 cm³/mol. The van der Waals surface area contributed by atoms with Crippen molar-refractivity contribution < 1.29 is 9.47 Å². The molecule has 2 aromatic rings. The molecule has 0 bridgehead atoms. The van der Waals surface area contributed by atoms with Gasteiger partial charge in [-0.15, -0.1) is 0 Å². The summed E-state index contributed by atoms with van der Waals surface area (Å²) in [6.07, 6.45) is 0.0357. The second-order valence-electron chi connectivity index (χ2n) is 6.80. The van der Waals surface area contributed by atoms with Crippen molar-refractivity contribution in [3.05, 3.63) is 53.6 Å². The molecule has 0 aliphatic heterocycles. The molecule has 22 heavy (non-hydrogen) atoms. The SMILES string of the molecule is COc1cccc(-c2ccc(C)cc2[C@@H](OC)C(C)(C)C)c1. The fraction of sp³-hybridized carbons (Fsp3) is 0.400. The van der Waals surface area contributed by atoms with Gasteiger partial charge in [-0.2, -0.15) is 0 Å². The Morgan fingerprint density at radius 2 is 1.68 bits per heavy atom. The van der Waals surface area contributed by atoms with E-state index < -0.39 is 0 Å². The molecule has 2 rings (SSSR count). The second-order valence-corrected chi connectivity index (χ2v) is 6.80. The molecule has 0 aliphatic carbocycles. The summed E-state index contributed by atoms with van der Waals surface area (Å²) in [4.78, 5) is 0. The zero-order chi connectivity index (χ0) is 16.3. The lowest BCUT2D eigenvalue weighted by atomic mass is 9.81. The molecule has 0 aliphatic rings. The van der Waals surface area contributed by atoms with Gasteiger partial charge < -0.3 is 9.47 Å². The van der Waals surface area contributed by atoms with Gasteiger partial charge in [-0.1, -0.05) is 56.7 Å². The molecule has 0 amide bonds. The molecule has 0 radical (unpaired) electrons. The van der Waals surface area contributed by atoms with Crippen LogP contribution >= 0.6 is 0 Å². The summed E-state index contributed by atoms with van der Waals surface area (Å²) in [5.74, 6) is 0.869. The van der Waals surface area contributed by atoms with E-state index in [9.17, 15) is 0 Å². The molecular weight excluding hydrogens is 272 g/mol. The Balaban J connectivity index is 2.61. The van der Waals surface area contributed by atoms with Crippen LogP contribution in [0.1, 0.15) is 38.0 Å². The molecule has 0 saturated carbocycles. The summed E-state index contributed by atoms with van der Waals surface area (Å²) in [6, 6.07) is 14.7. The lowest BCUT2D eigenvalue weighted by molar-refractivity contribution is 0.0156. The van der Waals surface area contributed by atoms with E-state index in [0.29, 0.717) is 0 Å². The van der Waals surface area contributed by atoms with E-state index in [4.69, 9.17) is 9.47 Å². The van der Waals surface area contributed by atoms with Crippen LogP contribution in [0.25, 0.3) is 11.1 Å². The molecular formula is C20H26O2. The quantitative estimate of drug-likeness (QED) is 0.752. The van der Waals surface area contributed by atoms with Crippen molar-refractivity contribution in [2.45, 2.75) is 33.8 Å². The Labute approximate surface area is 134 Å². The van der Waals surface area contributed by atoms with Crippen molar-refractivity contribution in [1.29, 1.82) is 0 Å². The maximum atomic E-state index is 5.84. The van der Waals surface area contributed by atoms with E-state index in [1.807, 2.05) is 12.1 Å². The van der Waals surface area contributed by atoms with Gasteiger partial charge in [0.2, 0.25) is 0 Å². The molecule has 0 saturated heterocycles. The molecule has 0 N–H and O–H groups in total. The maximum absolute atomic E-state index is 5.84. The number of rotatable bonds is 4. The zero-order valence-corrected chi connectivity index (χ0v) is 14.4. The second kappa shape index (κ2) is 6.53. The highest BCUT2D eigenvalue weighted by molar-refractivity contribution is 5.70. The monoisotopic (exact) mass is 298 g/mol. The van der Waals surface area contributed by atoms with Gasteiger partial charge in [-0.25, -0.2) is 0 Å². The molecule has 2 nitrogen and oxygen atoms in total. The minimum atomic E-state index is 0.0240. The lowest BCUT2D eigenvalue weighted by Gasteiger charge is -2.31. The Bertz CT molecular complexity index is 638. The summed E-state index contributed by atoms with van der Waals surface area (Å²) in [5.41, 5.74) is 4.85. The number of ether oxygens (including phenoxy) is 2. The third kappa shape index (κ3) is 3.50. The Hall–Kier alpha value is -1.80. The largest absolute Gasteiger partial charge is 0.497 e. The highest BCUT2D eigenvalue weighted by atomic mass is 16.5. The molecule has 0 heterocycles. The van der Waals surface area contributed by atoms with E-state index in [0.717, 1.165) is 11.3 Å². The van der Waals surface area contributed by atoms with Crippen molar-refractivity contribution in [2.24, 2.45) is 5.41 Å². The van der Waals surface area contributed by atoms with Crippen molar-refractivity contribution in [3.63, 3.8) is 0 Å². The molecule has 118 valence electrons. The van der Waals surface area contributed by atoms with Gasteiger partial charge in [0.25, 0.3) is 0 Å². The minimum Gasteiger partial charge on any atom is -0.497 e. The molecule has 0 unspecified atom stereocenters. The van der Waals surface area contributed by atoms with Crippen LogP contribution in [-0.2, 0) is 4.74 Å². The number of aryl methyl sites for hydroxylation is 1. The molecule has 0 spiro atoms. The van der Waals surface area contributed by atoms with Crippen LogP contribution in [0.2, 0.25) is 0 Å². The Kier molecular flexibility index (Phi) is 4.92. The van der Waals surface area contributed by atoms with Crippen LogP contribution in [0.3, 0.4) is 0 Å². The summed E-state index contributed by atoms with van der Waals surface area (Å²) in [5, 5.41) is 0. The average Bonchev–Trinajstić information content (AvgIpc) is 2.47. The molecule has 1 atom stereocenters. The Morgan fingerprint density at radius 3 is 2.27 bits per heavy atom.